The van der Waals surface area contributed by atoms with Crippen molar-refractivity contribution in [1.82, 2.24) is 4.57 Å². The van der Waals surface area contributed by atoms with Crippen LogP contribution in [0.2, 0.25) is 0 Å². The Morgan fingerprint density at radius 1 is 1.50 bits per heavy atom. The van der Waals surface area contributed by atoms with Crippen LogP contribution in [0.3, 0.4) is 0 Å². The Kier molecular flexibility index (Phi) is 3.69. The van der Waals surface area contributed by atoms with Gasteiger partial charge in [-0.15, -0.1) is 0 Å². The van der Waals surface area contributed by atoms with E-state index >= 15 is 0 Å². The van der Waals surface area contributed by atoms with Crippen LogP contribution in [0.1, 0.15) is 18.9 Å². The van der Waals surface area contributed by atoms with E-state index in [0.717, 1.165) is 30.6 Å². The molecule has 0 radical (unpaired) electrons. The molecule has 1 aliphatic heterocycles. The molecule has 0 saturated carbocycles. The maximum Gasteiger partial charge on any atom is 0.326 e. The van der Waals surface area contributed by atoms with Crippen molar-refractivity contribution in [2.75, 3.05) is 25.1 Å². The number of hydrogen-bond donors (Lipinski definition) is 0. The monoisotopic (exact) mass is 250 g/mol. The number of carbonyl (C=O) groups is 1. The second kappa shape index (κ2) is 5.25. The molecule has 1 aliphatic rings. The van der Waals surface area contributed by atoms with Crippen molar-refractivity contribution in [3.8, 4) is 0 Å². The summed E-state index contributed by atoms with van der Waals surface area (Å²) < 4.78 is 6.28. The summed E-state index contributed by atoms with van der Waals surface area (Å²) in [7, 11) is 1.98. The Bertz CT molecular complexity index is 507. The molecule has 0 atom stereocenters. The number of rotatable bonds is 3. The Hall–Kier alpha value is -1.78. The number of nitrogens with zero attached hydrogens (tertiary/aromatic N) is 2. The average molecular weight is 250 g/mol. The molecule has 1 aromatic heterocycles. The van der Waals surface area contributed by atoms with Gasteiger partial charge in [-0.2, -0.15) is 0 Å². The lowest BCUT2D eigenvalue weighted by Crippen LogP contribution is -2.34. The summed E-state index contributed by atoms with van der Waals surface area (Å²) in [5, 5.41) is 0. The van der Waals surface area contributed by atoms with E-state index in [1.807, 2.05) is 13.1 Å². The van der Waals surface area contributed by atoms with E-state index in [1.165, 1.54) is 4.57 Å². The van der Waals surface area contributed by atoms with Crippen LogP contribution >= 0.6 is 0 Å². The highest BCUT2D eigenvalue weighted by molar-refractivity contribution is 5.69. The molecule has 18 heavy (non-hydrogen) atoms. The van der Waals surface area contributed by atoms with Crippen molar-refractivity contribution in [1.29, 1.82) is 0 Å². The summed E-state index contributed by atoms with van der Waals surface area (Å²) in [6.45, 7) is 3.04. The Morgan fingerprint density at radius 2 is 2.28 bits per heavy atom. The fourth-order valence-corrected chi connectivity index (χ4v) is 2.29. The minimum absolute atomic E-state index is 0.0103. The van der Waals surface area contributed by atoms with E-state index in [4.69, 9.17) is 4.74 Å². The normalized spacial score (nSPS) is 14.2. The zero-order chi connectivity index (χ0) is 13.1. The van der Waals surface area contributed by atoms with Gasteiger partial charge in [-0.3, -0.25) is 9.59 Å². The zero-order valence-corrected chi connectivity index (χ0v) is 10.8. The van der Waals surface area contributed by atoms with Crippen LogP contribution in [0.4, 0.5) is 5.69 Å². The minimum Gasteiger partial charge on any atom is -0.465 e. The van der Waals surface area contributed by atoms with Crippen molar-refractivity contribution in [2.24, 2.45) is 0 Å². The predicted octanol–water partition coefficient (Wildman–Crippen LogP) is 0.794. The Labute approximate surface area is 106 Å². The summed E-state index contributed by atoms with van der Waals surface area (Å²) >= 11 is 0. The lowest BCUT2D eigenvalue weighted by Gasteiger charge is -2.27. The maximum atomic E-state index is 12.2. The third-order valence-corrected chi connectivity index (χ3v) is 3.18. The number of hydrogen-bond acceptors (Lipinski definition) is 4. The molecule has 5 nitrogen and oxygen atoms in total. The molecule has 0 bridgehead atoms. The van der Waals surface area contributed by atoms with Gasteiger partial charge in [0, 0.05) is 31.0 Å². The molecule has 0 saturated heterocycles. The van der Waals surface area contributed by atoms with Crippen molar-refractivity contribution in [2.45, 2.75) is 26.3 Å². The highest BCUT2D eigenvalue weighted by Crippen LogP contribution is 2.22. The van der Waals surface area contributed by atoms with Crippen LogP contribution in [0, 0.1) is 0 Å². The smallest absolute Gasteiger partial charge is 0.326 e. The number of ether oxygens (including phenoxy) is 1. The van der Waals surface area contributed by atoms with Gasteiger partial charge in [0.25, 0.3) is 5.56 Å². The molecule has 0 amide bonds. The molecule has 0 fully saturated rings. The van der Waals surface area contributed by atoms with Gasteiger partial charge in [0.2, 0.25) is 0 Å². The summed E-state index contributed by atoms with van der Waals surface area (Å²) in [4.78, 5) is 25.7. The van der Waals surface area contributed by atoms with Gasteiger partial charge < -0.3 is 14.2 Å². The molecule has 0 spiro atoms. The molecule has 2 heterocycles. The lowest BCUT2D eigenvalue weighted by atomic mass is 10.0. The summed E-state index contributed by atoms with van der Waals surface area (Å²) in [5.74, 6) is -0.372. The van der Waals surface area contributed by atoms with E-state index < -0.39 is 0 Å². The summed E-state index contributed by atoms with van der Waals surface area (Å²) in [5.41, 5.74) is 1.70. The van der Waals surface area contributed by atoms with Crippen LogP contribution in [0.25, 0.3) is 0 Å². The minimum atomic E-state index is -0.372. The van der Waals surface area contributed by atoms with Crippen LogP contribution in [-0.2, 0) is 22.5 Å². The van der Waals surface area contributed by atoms with E-state index in [1.54, 1.807) is 13.1 Å². The third kappa shape index (κ3) is 2.39. The maximum absolute atomic E-state index is 12.2. The molecule has 1 aromatic rings. The van der Waals surface area contributed by atoms with E-state index in [2.05, 4.69) is 4.90 Å². The van der Waals surface area contributed by atoms with Gasteiger partial charge in [0.05, 0.1) is 6.61 Å². The number of anilines is 1. The quantitative estimate of drug-likeness (QED) is 0.744. The second-order valence-corrected chi connectivity index (χ2v) is 4.44. The van der Waals surface area contributed by atoms with Gasteiger partial charge in [0.15, 0.2) is 0 Å². The first-order chi connectivity index (χ1) is 8.63. The first-order valence-corrected chi connectivity index (χ1v) is 6.22. The molecule has 0 N–H and O–H groups in total. The van der Waals surface area contributed by atoms with Gasteiger partial charge >= 0.3 is 5.97 Å². The number of pyridine rings is 1. The van der Waals surface area contributed by atoms with Crippen molar-refractivity contribution in [3.63, 3.8) is 0 Å². The first kappa shape index (κ1) is 12.7. The Morgan fingerprint density at radius 3 is 3.00 bits per heavy atom. The van der Waals surface area contributed by atoms with Gasteiger partial charge in [-0.05, 0) is 25.8 Å². The topological polar surface area (TPSA) is 51.5 Å². The second-order valence-electron chi connectivity index (χ2n) is 4.44. The van der Waals surface area contributed by atoms with Gasteiger partial charge in [-0.25, -0.2) is 0 Å². The number of aromatic nitrogens is 1. The highest BCUT2D eigenvalue weighted by Gasteiger charge is 2.18. The molecule has 2 rings (SSSR count). The number of carbonyl (C=O) groups excluding carboxylic acids is 1. The highest BCUT2D eigenvalue weighted by atomic mass is 16.5. The summed E-state index contributed by atoms with van der Waals surface area (Å²) in [6.07, 6.45) is 3.42. The molecule has 5 heteroatoms. The molecule has 0 unspecified atom stereocenters. The molecular formula is C13H18N2O3. The van der Waals surface area contributed by atoms with Crippen LogP contribution in [0.15, 0.2) is 17.1 Å². The van der Waals surface area contributed by atoms with Crippen molar-refractivity contribution in [3.05, 3.63) is 28.2 Å². The van der Waals surface area contributed by atoms with E-state index in [9.17, 15) is 9.59 Å². The van der Waals surface area contributed by atoms with E-state index in [0.29, 0.717) is 6.61 Å². The largest absolute Gasteiger partial charge is 0.465 e. The molecule has 98 valence electrons. The SMILES string of the molecule is CCOC(=O)Cn1ccc2c(c1=O)CCCN2C. The third-order valence-electron chi connectivity index (χ3n) is 3.18. The molecular weight excluding hydrogens is 232 g/mol. The van der Waals surface area contributed by atoms with Crippen LogP contribution < -0.4 is 10.5 Å². The molecule has 0 aromatic carbocycles. The molecule has 0 aliphatic carbocycles. The fraction of sp³-hybridized carbons (Fsp3) is 0.538. The number of fused-ring (bicyclic) bond motifs is 1. The predicted molar refractivity (Wildman–Crippen MR) is 68.9 cm³/mol. The van der Waals surface area contributed by atoms with Gasteiger partial charge in [0.1, 0.15) is 6.54 Å². The van der Waals surface area contributed by atoms with Crippen LogP contribution in [-0.4, -0.2) is 30.7 Å². The standard InChI is InChI=1S/C13H18N2O3/c1-3-18-12(16)9-15-8-6-11-10(13(15)17)5-4-7-14(11)2/h6,8H,3-5,7,9H2,1-2H3. The van der Waals surface area contributed by atoms with E-state index in [-0.39, 0.29) is 18.1 Å². The average Bonchev–Trinajstić information content (AvgIpc) is 2.34. The van der Waals surface area contributed by atoms with Crippen molar-refractivity contribution >= 4 is 11.7 Å². The Balaban J connectivity index is 2.29. The zero-order valence-electron chi connectivity index (χ0n) is 10.8. The van der Waals surface area contributed by atoms with Gasteiger partial charge in [-0.1, -0.05) is 0 Å². The lowest BCUT2D eigenvalue weighted by molar-refractivity contribution is -0.143. The van der Waals surface area contributed by atoms with Crippen LogP contribution in [0.5, 0.6) is 0 Å². The number of esters is 1. The summed E-state index contributed by atoms with van der Waals surface area (Å²) in [6, 6.07) is 1.90. The van der Waals surface area contributed by atoms with Crippen molar-refractivity contribution < 1.29 is 9.53 Å². The fourth-order valence-electron chi connectivity index (χ4n) is 2.29. The first-order valence-electron chi connectivity index (χ1n) is 6.22.